The average Bonchev–Trinajstić information content (AvgIpc) is 3.15. The van der Waals surface area contributed by atoms with Crippen LogP contribution in [-0.2, 0) is 24.0 Å². The lowest BCUT2D eigenvalue weighted by Gasteiger charge is -2.26. The van der Waals surface area contributed by atoms with Gasteiger partial charge in [-0.05, 0) is 77.5 Å². The highest BCUT2D eigenvalue weighted by atomic mass is 16.2. The van der Waals surface area contributed by atoms with Crippen LogP contribution >= 0.6 is 0 Å². The molecule has 0 aromatic carbocycles. The molecule has 95 heavy (non-hydrogen) atoms. The Kier molecular flexibility index (Phi) is 74.7. The second-order valence-electron chi connectivity index (χ2n) is 29.0. The van der Waals surface area contributed by atoms with Gasteiger partial charge >= 0.3 is 0 Å². The number of unbranched alkanes of at least 4 members (excludes halogenated alkanes) is 46. The van der Waals surface area contributed by atoms with Crippen molar-refractivity contribution in [2.45, 2.75) is 407 Å². The number of hydrogen-bond donors (Lipinski definition) is 5. The monoisotopic (exact) mass is 1340 g/mol. The average molecular weight is 1340 g/mol. The summed E-state index contributed by atoms with van der Waals surface area (Å²) in [6.45, 7) is 21.4. The third kappa shape index (κ3) is 72.3. The second kappa shape index (κ2) is 77.0. The molecular formula is C82H164N8O5. The molecule has 5 amide bonds. The summed E-state index contributed by atoms with van der Waals surface area (Å²) < 4.78 is 0. The van der Waals surface area contributed by atoms with Gasteiger partial charge in [-0.25, -0.2) is 0 Å². The molecule has 0 saturated heterocycles. The molecule has 562 valence electrons. The maximum absolute atomic E-state index is 13.4. The van der Waals surface area contributed by atoms with Crippen LogP contribution in [0, 0.1) is 0 Å². The molecule has 0 unspecified atom stereocenters. The Labute approximate surface area is 590 Å². The van der Waals surface area contributed by atoms with Gasteiger partial charge in [-0.2, -0.15) is 0 Å². The number of carbonyl (C=O) groups is 5. The Morgan fingerprint density at radius 3 is 0.474 bits per heavy atom. The molecule has 0 fully saturated rings. The SMILES string of the molecule is CCCCCCCCCCCCNC(=O)CCN(CCCCN(CCC(=O)NCCCCCCCCCCCC)CCC(=O)NCCCCCCCCCCCC)CCCN(CCC(=O)NCCCCCCCCCCCC)CCC(=O)NCCCCCCCCCCCC. The predicted octanol–water partition coefficient (Wildman–Crippen LogP) is 20.2. The first-order chi connectivity index (χ1) is 46.7. The third-order valence-corrected chi connectivity index (χ3v) is 19.7. The molecule has 0 bridgehead atoms. The predicted molar refractivity (Wildman–Crippen MR) is 411 cm³/mol. The van der Waals surface area contributed by atoms with E-state index < -0.39 is 0 Å². The van der Waals surface area contributed by atoms with Crippen molar-refractivity contribution in [1.29, 1.82) is 0 Å². The fourth-order valence-corrected chi connectivity index (χ4v) is 13.1. The molecule has 0 aliphatic rings. The van der Waals surface area contributed by atoms with Crippen molar-refractivity contribution in [3.63, 3.8) is 0 Å². The lowest BCUT2D eigenvalue weighted by molar-refractivity contribution is -0.123. The van der Waals surface area contributed by atoms with Gasteiger partial charge in [0, 0.05) is 97.6 Å². The molecular weight excluding hydrogens is 1180 g/mol. The van der Waals surface area contributed by atoms with Crippen LogP contribution in [0.4, 0.5) is 0 Å². The molecule has 0 aromatic heterocycles. The summed E-state index contributed by atoms with van der Waals surface area (Å²) in [5, 5.41) is 16.1. The highest BCUT2D eigenvalue weighted by molar-refractivity contribution is 5.77. The van der Waals surface area contributed by atoms with Crippen molar-refractivity contribution < 1.29 is 24.0 Å². The van der Waals surface area contributed by atoms with Crippen LogP contribution in [0.2, 0.25) is 0 Å². The normalized spacial score (nSPS) is 11.6. The summed E-state index contributed by atoms with van der Waals surface area (Å²) >= 11 is 0. The van der Waals surface area contributed by atoms with Gasteiger partial charge in [0.2, 0.25) is 29.5 Å². The van der Waals surface area contributed by atoms with Crippen molar-refractivity contribution >= 4 is 29.5 Å². The molecule has 13 nitrogen and oxygen atoms in total. The quantitative estimate of drug-likeness (QED) is 0.0377. The van der Waals surface area contributed by atoms with Crippen molar-refractivity contribution in [3.05, 3.63) is 0 Å². The van der Waals surface area contributed by atoms with Crippen molar-refractivity contribution in [2.24, 2.45) is 0 Å². The van der Waals surface area contributed by atoms with Crippen molar-refractivity contribution in [1.82, 2.24) is 41.3 Å². The lowest BCUT2D eigenvalue weighted by Crippen LogP contribution is -2.37. The first-order valence-electron chi connectivity index (χ1n) is 42.2. The van der Waals surface area contributed by atoms with Gasteiger partial charge < -0.3 is 41.3 Å². The van der Waals surface area contributed by atoms with Gasteiger partial charge in [0.05, 0.1) is 0 Å². The molecule has 0 radical (unpaired) electrons. The molecule has 0 atom stereocenters. The molecule has 13 heteroatoms. The molecule has 0 heterocycles. The molecule has 5 N–H and O–H groups in total. The third-order valence-electron chi connectivity index (χ3n) is 19.7. The second-order valence-corrected chi connectivity index (χ2v) is 29.0. The van der Waals surface area contributed by atoms with Crippen LogP contribution in [0.1, 0.15) is 407 Å². The zero-order valence-corrected chi connectivity index (χ0v) is 64.3. The Morgan fingerprint density at radius 2 is 0.305 bits per heavy atom. The first kappa shape index (κ1) is 92.2. The lowest BCUT2D eigenvalue weighted by atomic mass is 10.1. The molecule has 0 aliphatic carbocycles. The van der Waals surface area contributed by atoms with Crippen LogP contribution < -0.4 is 26.6 Å². The van der Waals surface area contributed by atoms with Crippen LogP contribution in [0.5, 0.6) is 0 Å². The van der Waals surface area contributed by atoms with E-state index >= 15 is 0 Å². The van der Waals surface area contributed by atoms with Crippen molar-refractivity contribution in [2.75, 3.05) is 91.6 Å². The summed E-state index contributed by atoms with van der Waals surface area (Å²) in [5.41, 5.74) is 0. The molecule has 0 saturated carbocycles. The minimum absolute atomic E-state index is 0.0887. The van der Waals surface area contributed by atoms with E-state index in [9.17, 15) is 24.0 Å². The number of nitrogens with zero attached hydrogens (tertiary/aromatic N) is 3. The van der Waals surface area contributed by atoms with Gasteiger partial charge in [-0.3, -0.25) is 24.0 Å². The Balaban J connectivity index is 5.84. The van der Waals surface area contributed by atoms with Crippen molar-refractivity contribution in [3.8, 4) is 0 Å². The molecule has 0 aliphatic heterocycles. The highest BCUT2D eigenvalue weighted by Crippen LogP contribution is 2.16. The topological polar surface area (TPSA) is 155 Å². The van der Waals surface area contributed by atoms with Gasteiger partial charge in [0.25, 0.3) is 0 Å². The van der Waals surface area contributed by atoms with Gasteiger partial charge in [-0.15, -0.1) is 0 Å². The number of nitrogens with one attached hydrogen (secondary N) is 5. The van der Waals surface area contributed by atoms with E-state index in [2.05, 4.69) is 75.9 Å². The van der Waals surface area contributed by atoms with E-state index in [0.29, 0.717) is 64.8 Å². The number of carbonyl (C=O) groups excluding carboxylic acids is 5. The first-order valence-corrected chi connectivity index (χ1v) is 42.2. The van der Waals surface area contributed by atoms with Gasteiger partial charge in [-0.1, -0.05) is 324 Å². The minimum atomic E-state index is 0.0887. The summed E-state index contributed by atoms with van der Waals surface area (Å²) in [7, 11) is 0. The van der Waals surface area contributed by atoms with E-state index in [0.717, 1.165) is 142 Å². The standard InChI is InChI=1S/C82H164N8O5/c1-6-11-16-21-26-31-36-41-46-51-64-83-78(91)59-73-88(71-58-72-90(76-62-81(94)86-67-54-49-44-39-34-29-24-19-14-9-4)77-63-82(95)87-68-55-50-45-40-35-30-25-20-15-10-5)69-56-57-70-89(74-60-79(92)84-65-52-47-42-37-32-27-22-17-12-7-2)75-61-80(93)85-66-53-48-43-38-33-28-23-18-13-8-3/h6-77H2,1-5H3,(H,83,91)(H,84,92)(H,85,93)(H,86,94)(H,87,95). The highest BCUT2D eigenvalue weighted by Gasteiger charge is 2.16. The van der Waals surface area contributed by atoms with E-state index in [1.807, 2.05) is 0 Å². The zero-order valence-electron chi connectivity index (χ0n) is 64.3. The van der Waals surface area contributed by atoms with E-state index in [1.54, 1.807) is 0 Å². The maximum Gasteiger partial charge on any atom is 0.221 e. The zero-order chi connectivity index (χ0) is 69.1. The summed E-state index contributed by atoms with van der Waals surface area (Å²) in [6.07, 6.45) is 68.4. The van der Waals surface area contributed by atoms with Crippen LogP contribution in [0.15, 0.2) is 0 Å². The fraction of sp³-hybridized carbons (Fsp3) is 0.939. The Bertz CT molecular complexity index is 1550. The van der Waals surface area contributed by atoms with Gasteiger partial charge in [0.15, 0.2) is 0 Å². The Morgan fingerprint density at radius 1 is 0.168 bits per heavy atom. The van der Waals surface area contributed by atoms with Crippen LogP contribution in [0.25, 0.3) is 0 Å². The number of rotatable bonds is 79. The molecule has 0 rings (SSSR count). The minimum Gasteiger partial charge on any atom is -0.356 e. The van der Waals surface area contributed by atoms with E-state index in [4.69, 9.17) is 0 Å². The number of amides is 5. The van der Waals surface area contributed by atoms with Crippen LogP contribution in [-0.4, -0.2) is 136 Å². The van der Waals surface area contributed by atoms with Crippen LogP contribution in [0.3, 0.4) is 0 Å². The smallest absolute Gasteiger partial charge is 0.221 e. The van der Waals surface area contributed by atoms with Gasteiger partial charge in [0.1, 0.15) is 0 Å². The van der Waals surface area contributed by atoms with E-state index in [1.165, 1.54) is 257 Å². The summed E-state index contributed by atoms with van der Waals surface area (Å²) in [5.74, 6) is 0.483. The largest absolute Gasteiger partial charge is 0.356 e. The molecule has 0 spiro atoms. The number of hydrogen-bond acceptors (Lipinski definition) is 8. The fourth-order valence-electron chi connectivity index (χ4n) is 13.1. The summed E-state index contributed by atoms with van der Waals surface area (Å²) in [4.78, 5) is 73.5. The summed E-state index contributed by atoms with van der Waals surface area (Å²) in [6, 6.07) is 0. The Hall–Kier alpha value is -2.77. The maximum atomic E-state index is 13.4. The molecule has 0 aromatic rings. The van der Waals surface area contributed by atoms with E-state index in [-0.39, 0.29) is 29.5 Å².